The van der Waals surface area contributed by atoms with E-state index in [1.807, 2.05) is 30.3 Å². The molecule has 1 radical (unpaired) electrons. The molecule has 2 rings (SSSR count). The number of hydrogen-bond donors (Lipinski definition) is 0. The summed E-state index contributed by atoms with van der Waals surface area (Å²) in [5.74, 6) is 0.422. The lowest BCUT2D eigenvalue weighted by Gasteiger charge is -2.05. The Labute approximate surface area is 99.6 Å². The summed E-state index contributed by atoms with van der Waals surface area (Å²) in [4.78, 5) is 11.3. The quantitative estimate of drug-likeness (QED) is 0.596. The number of hydrogen-bond acceptors (Lipinski definition) is 3. The molecule has 2 aromatic rings. The highest BCUT2D eigenvalue weighted by Gasteiger charge is 2.05. The molecule has 0 atom stereocenters. The zero-order valence-electron chi connectivity index (χ0n) is 9.13. The molecule has 0 spiro atoms. The van der Waals surface area contributed by atoms with Crippen molar-refractivity contribution < 1.29 is 14.3 Å². The van der Waals surface area contributed by atoms with E-state index in [0.717, 1.165) is 5.56 Å². The minimum Gasteiger partial charge on any atom is -0.429 e. The Morgan fingerprint density at radius 1 is 1.12 bits per heavy atom. The van der Waals surface area contributed by atoms with Crippen molar-refractivity contribution in [3.63, 3.8) is 0 Å². The second-order valence-electron chi connectivity index (χ2n) is 3.37. The molecule has 0 bridgehead atoms. The first-order valence-electron chi connectivity index (χ1n) is 5.19. The SMILES string of the molecule is O=C(OCc1ccccc1)Oc1c[c]ccc1. The van der Waals surface area contributed by atoms with Crippen LogP contribution in [0.15, 0.2) is 54.6 Å². The smallest absolute Gasteiger partial charge is 0.429 e. The Morgan fingerprint density at radius 2 is 1.94 bits per heavy atom. The van der Waals surface area contributed by atoms with Crippen molar-refractivity contribution in [3.05, 3.63) is 66.2 Å². The Bertz CT molecular complexity index is 465. The molecule has 0 aliphatic heterocycles. The van der Waals surface area contributed by atoms with Gasteiger partial charge in [-0.05, 0) is 23.8 Å². The minimum absolute atomic E-state index is 0.205. The van der Waals surface area contributed by atoms with Gasteiger partial charge in [-0.25, -0.2) is 4.79 Å². The third-order valence-corrected chi connectivity index (χ3v) is 2.08. The number of rotatable bonds is 3. The average molecular weight is 227 g/mol. The number of carbonyl (C=O) groups excluding carboxylic acids is 1. The van der Waals surface area contributed by atoms with Crippen LogP contribution in [0.3, 0.4) is 0 Å². The summed E-state index contributed by atoms with van der Waals surface area (Å²) in [6.45, 7) is 0.205. The lowest BCUT2D eigenvalue weighted by atomic mass is 10.2. The van der Waals surface area contributed by atoms with E-state index in [1.165, 1.54) is 0 Å². The average Bonchev–Trinajstić information content (AvgIpc) is 2.39. The van der Waals surface area contributed by atoms with E-state index >= 15 is 0 Å². The van der Waals surface area contributed by atoms with Crippen LogP contribution in [0.2, 0.25) is 0 Å². The normalized spacial score (nSPS) is 9.65. The molecule has 0 saturated heterocycles. The molecule has 0 aliphatic carbocycles. The van der Waals surface area contributed by atoms with Gasteiger partial charge in [0.05, 0.1) is 0 Å². The van der Waals surface area contributed by atoms with Gasteiger partial charge >= 0.3 is 6.16 Å². The molecule has 0 heterocycles. The van der Waals surface area contributed by atoms with E-state index < -0.39 is 6.16 Å². The first-order valence-corrected chi connectivity index (χ1v) is 5.19. The molecule has 0 fully saturated rings. The molecule has 17 heavy (non-hydrogen) atoms. The van der Waals surface area contributed by atoms with Crippen molar-refractivity contribution in [2.45, 2.75) is 6.61 Å². The van der Waals surface area contributed by atoms with E-state index in [9.17, 15) is 4.79 Å². The van der Waals surface area contributed by atoms with Crippen LogP contribution in [0.5, 0.6) is 5.75 Å². The standard InChI is InChI=1S/C14H11O3/c15-14(17-13-9-5-2-6-10-13)16-11-12-7-3-1-4-8-12/h1-5,7-10H,11H2. The minimum atomic E-state index is -0.714. The Morgan fingerprint density at radius 3 is 2.65 bits per heavy atom. The Kier molecular flexibility index (Phi) is 3.76. The van der Waals surface area contributed by atoms with Crippen LogP contribution in [-0.2, 0) is 11.3 Å². The van der Waals surface area contributed by atoms with Crippen molar-refractivity contribution in [1.82, 2.24) is 0 Å². The summed E-state index contributed by atoms with van der Waals surface area (Å²) in [5, 5.41) is 0. The predicted octanol–water partition coefficient (Wildman–Crippen LogP) is 3.20. The van der Waals surface area contributed by atoms with Gasteiger partial charge in [-0.15, -0.1) is 0 Å². The van der Waals surface area contributed by atoms with E-state index in [-0.39, 0.29) is 6.61 Å². The van der Waals surface area contributed by atoms with Crippen LogP contribution in [0.25, 0.3) is 0 Å². The van der Waals surface area contributed by atoms with Crippen LogP contribution in [-0.4, -0.2) is 6.16 Å². The van der Waals surface area contributed by atoms with Crippen molar-refractivity contribution in [2.24, 2.45) is 0 Å². The highest BCUT2D eigenvalue weighted by atomic mass is 16.7. The molecule has 0 aliphatic rings. The third-order valence-electron chi connectivity index (χ3n) is 2.08. The van der Waals surface area contributed by atoms with Crippen LogP contribution < -0.4 is 4.74 Å². The Balaban J connectivity index is 1.83. The summed E-state index contributed by atoms with van der Waals surface area (Å²) in [6, 6.07) is 18.9. The van der Waals surface area contributed by atoms with Crippen LogP contribution in [0, 0.1) is 6.07 Å². The van der Waals surface area contributed by atoms with Crippen molar-refractivity contribution in [2.75, 3.05) is 0 Å². The molecule has 0 unspecified atom stereocenters. The zero-order valence-corrected chi connectivity index (χ0v) is 9.13. The van der Waals surface area contributed by atoms with Gasteiger partial charge in [0, 0.05) is 0 Å². The van der Waals surface area contributed by atoms with E-state index in [0.29, 0.717) is 5.75 Å². The highest BCUT2D eigenvalue weighted by Crippen LogP contribution is 2.09. The molecule has 2 aromatic carbocycles. The van der Waals surface area contributed by atoms with E-state index in [1.54, 1.807) is 24.3 Å². The van der Waals surface area contributed by atoms with Crippen molar-refractivity contribution in [1.29, 1.82) is 0 Å². The van der Waals surface area contributed by atoms with E-state index in [4.69, 9.17) is 9.47 Å². The van der Waals surface area contributed by atoms with Gasteiger partial charge < -0.3 is 9.47 Å². The third kappa shape index (κ3) is 3.65. The lowest BCUT2D eigenvalue weighted by Crippen LogP contribution is -2.10. The van der Waals surface area contributed by atoms with Crippen LogP contribution in [0.4, 0.5) is 4.79 Å². The molecule has 85 valence electrons. The summed E-state index contributed by atoms with van der Waals surface area (Å²) < 4.78 is 9.90. The fourth-order valence-electron chi connectivity index (χ4n) is 1.28. The maximum atomic E-state index is 11.3. The van der Waals surface area contributed by atoms with Crippen LogP contribution >= 0.6 is 0 Å². The summed E-state index contributed by atoms with van der Waals surface area (Å²) in [7, 11) is 0. The summed E-state index contributed by atoms with van der Waals surface area (Å²) in [5.41, 5.74) is 0.920. The van der Waals surface area contributed by atoms with Gasteiger partial charge in [-0.1, -0.05) is 42.5 Å². The molecule has 3 nitrogen and oxygen atoms in total. The first kappa shape index (κ1) is 11.2. The van der Waals surface area contributed by atoms with Gasteiger partial charge in [0.2, 0.25) is 0 Å². The fraction of sp³-hybridized carbons (Fsp3) is 0.0714. The van der Waals surface area contributed by atoms with Gasteiger partial charge in [0.25, 0.3) is 0 Å². The maximum absolute atomic E-state index is 11.3. The van der Waals surface area contributed by atoms with Crippen LogP contribution in [0.1, 0.15) is 5.56 Å². The summed E-state index contributed by atoms with van der Waals surface area (Å²) in [6.07, 6.45) is -0.714. The highest BCUT2D eigenvalue weighted by molar-refractivity contribution is 5.63. The van der Waals surface area contributed by atoms with Gasteiger partial charge in [-0.3, -0.25) is 0 Å². The van der Waals surface area contributed by atoms with Gasteiger partial charge in [-0.2, -0.15) is 0 Å². The number of benzene rings is 2. The second-order valence-corrected chi connectivity index (χ2v) is 3.37. The van der Waals surface area contributed by atoms with E-state index in [2.05, 4.69) is 6.07 Å². The molecule has 0 aromatic heterocycles. The van der Waals surface area contributed by atoms with Gasteiger partial charge in [0.15, 0.2) is 0 Å². The molecule has 0 amide bonds. The number of ether oxygens (including phenoxy) is 2. The predicted molar refractivity (Wildman–Crippen MR) is 62.5 cm³/mol. The lowest BCUT2D eigenvalue weighted by molar-refractivity contribution is 0.0928. The molecular weight excluding hydrogens is 216 g/mol. The Hall–Kier alpha value is -2.29. The second kappa shape index (κ2) is 5.70. The van der Waals surface area contributed by atoms with Crippen molar-refractivity contribution >= 4 is 6.16 Å². The largest absolute Gasteiger partial charge is 0.514 e. The maximum Gasteiger partial charge on any atom is 0.514 e. The first-order chi connectivity index (χ1) is 8.34. The summed E-state index contributed by atoms with van der Waals surface area (Å²) >= 11 is 0. The topological polar surface area (TPSA) is 35.5 Å². The molecule has 0 saturated carbocycles. The fourth-order valence-corrected chi connectivity index (χ4v) is 1.28. The van der Waals surface area contributed by atoms with Gasteiger partial charge in [0.1, 0.15) is 12.4 Å². The molecule has 3 heteroatoms. The number of carbonyl (C=O) groups is 1. The zero-order chi connectivity index (χ0) is 11.9. The molecular formula is C14H11O3. The monoisotopic (exact) mass is 227 g/mol. The molecule has 0 N–H and O–H groups in total. The van der Waals surface area contributed by atoms with Crippen molar-refractivity contribution in [3.8, 4) is 5.75 Å².